The summed E-state index contributed by atoms with van der Waals surface area (Å²) in [5, 5.41) is 0. The second-order valence-electron chi connectivity index (χ2n) is 7.56. The first-order valence-corrected chi connectivity index (χ1v) is 11.4. The molecule has 3 aromatic rings. The van der Waals surface area contributed by atoms with Gasteiger partial charge in [0.2, 0.25) is 0 Å². The molecule has 0 radical (unpaired) electrons. The molecule has 4 nitrogen and oxygen atoms in total. The van der Waals surface area contributed by atoms with Gasteiger partial charge in [-0.15, -0.1) is 0 Å². The molecule has 34 heavy (non-hydrogen) atoms. The van der Waals surface area contributed by atoms with Gasteiger partial charge in [-0.1, -0.05) is 24.3 Å². The molecule has 0 amide bonds. The number of fused-ring (bicyclic) bond motifs is 1. The van der Waals surface area contributed by atoms with Gasteiger partial charge in [-0.2, -0.15) is 26.3 Å². The van der Waals surface area contributed by atoms with Crippen molar-refractivity contribution < 1.29 is 34.8 Å². The first-order chi connectivity index (χ1) is 15.8. The van der Waals surface area contributed by atoms with E-state index in [2.05, 4.69) is 9.71 Å². The smallest absolute Gasteiger partial charge is 0.284 e. The van der Waals surface area contributed by atoms with E-state index in [9.17, 15) is 34.8 Å². The van der Waals surface area contributed by atoms with Crippen molar-refractivity contribution in [2.45, 2.75) is 23.7 Å². The lowest BCUT2D eigenvalue weighted by Crippen LogP contribution is -2.17. The van der Waals surface area contributed by atoms with Gasteiger partial charge in [-0.3, -0.25) is 9.71 Å². The van der Waals surface area contributed by atoms with Gasteiger partial charge >= 0.3 is 12.4 Å². The normalized spacial score (nSPS) is 14.4. The lowest BCUT2D eigenvalue weighted by molar-refractivity contribution is -0.138. The van der Waals surface area contributed by atoms with Gasteiger partial charge in [0, 0.05) is 23.4 Å². The lowest BCUT2D eigenvalue weighted by atomic mass is 9.92. The van der Waals surface area contributed by atoms with Gasteiger partial charge in [-0.05, 0) is 54.4 Å². The fourth-order valence-corrected chi connectivity index (χ4v) is 4.68. The van der Waals surface area contributed by atoms with Crippen molar-refractivity contribution in [1.82, 2.24) is 0 Å². The van der Waals surface area contributed by atoms with Crippen molar-refractivity contribution in [3.05, 3.63) is 94.5 Å². The highest BCUT2D eigenvalue weighted by atomic mass is 32.2. The number of rotatable bonds is 4. The number of anilines is 1. The summed E-state index contributed by atoms with van der Waals surface area (Å²) in [4.78, 5) is 3.86. The highest BCUT2D eigenvalue weighted by molar-refractivity contribution is 7.92. The van der Waals surface area contributed by atoms with E-state index in [0.29, 0.717) is 41.4 Å². The Morgan fingerprint density at radius 1 is 0.794 bits per heavy atom. The van der Waals surface area contributed by atoms with Crippen molar-refractivity contribution >= 4 is 21.4 Å². The van der Waals surface area contributed by atoms with Gasteiger partial charge in [-0.25, -0.2) is 8.42 Å². The third-order valence-corrected chi connectivity index (χ3v) is 6.60. The second-order valence-corrected chi connectivity index (χ2v) is 9.24. The molecule has 0 saturated heterocycles. The molecule has 0 aromatic heterocycles. The maximum Gasteiger partial charge on any atom is 0.416 e. The minimum Gasteiger partial charge on any atom is -0.284 e. The summed E-state index contributed by atoms with van der Waals surface area (Å²) >= 11 is 0. The number of nitrogens with one attached hydrogen (secondary N) is 1. The molecule has 0 atom stereocenters. The van der Waals surface area contributed by atoms with Crippen LogP contribution in [0.5, 0.6) is 0 Å². The third kappa shape index (κ3) is 4.93. The van der Waals surface area contributed by atoms with Gasteiger partial charge in [0.25, 0.3) is 10.0 Å². The molecule has 0 saturated carbocycles. The Kier molecular flexibility index (Phi) is 5.92. The first kappa shape index (κ1) is 23.8. The molecule has 1 aliphatic heterocycles. The highest BCUT2D eigenvalue weighted by Gasteiger charge is 2.32. The topological polar surface area (TPSA) is 58.5 Å². The average molecular weight is 498 g/mol. The van der Waals surface area contributed by atoms with Crippen LogP contribution in [0, 0.1) is 0 Å². The monoisotopic (exact) mass is 498 g/mol. The van der Waals surface area contributed by atoms with Crippen LogP contribution in [-0.4, -0.2) is 20.7 Å². The van der Waals surface area contributed by atoms with E-state index in [4.69, 9.17) is 0 Å². The molecule has 0 aliphatic carbocycles. The largest absolute Gasteiger partial charge is 0.416 e. The average Bonchev–Trinajstić information content (AvgIpc) is 2.77. The number of sulfonamides is 1. The molecule has 4 rings (SSSR count). The summed E-state index contributed by atoms with van der Waals surface area (Å²) in [5.74, 6) is 0. The van der Waals surface area contributed by atoms with E-state index in [0.717, 1.165) is 30.3 Å². The van der Waals surface area contributed by atoms with Gasteiger partial charge in [0.1, 0.15) is 0 Å². The number of aliphatic imine (C=N–C) groups is 1. The van der Waals surface area contributed by atoms with E-state index < -0.39 is 38.4 Å². The Morgan fingerprint density at radius 3 is 2.09 bits per heavy atom. The Labute approximate surface area is 191 Å². The maximum absolute atomic E-state index is 13.0. The molecule has 11 heteroatoms. The summed E-state index contributed by atoms with van der Waals surface area (Å²) < 4.78 is 105. The number of nitrogens with zero attached hydrogens (tertiary/aromatic N) is 1. The number of hydrogen-bond donors (Lipinski definition) is 1. The number of hydrogen-bond acceptors (Lipinski definition) is 3. The molecule has 0 fully saturated rings. The Bertz CT molecular complexity index is 1360. The predicted octanol–water partition coefficient (Wildman–Crippen LogP) is 5.92. The molecule has 1 aliphatic rings. The van der Waals surface area contributed by atoms with Crippen molar-refractivity contribution in [2.75, 3.05) is 11.3 Å². The molecule has 178 valence electrons. The van der Waals surface area contributed by atoms with Crippen LogP contribution in [0.1, 0.15) is 27.8 Å². The number of benzene rings is 3. The Balaban J connectivity index is 1.57. The van der Waals surface area contributed by atoms with E-state index in [-0.39, 0.29) is 5.69 Å². The zero-order valence-corrected chi connectivity index (χ0v) is 18.0. The summed E-state index contributed by atoms with van der Waals surface area (Å²) in [6.45, 7) is 0.299. The number of alkyl halides is 6. The highest BCUT2D eigenvalue weighted by Crippen LogP contribution is 2.33. The minimum absolute atomic E-state index is 0.102. The van der Waals surface area contributed by atoms with E-state index in [1.165, 1.54) is 30.3 Å². The van der Waals surface area contributed by atoms with Gasteiger partial charge in [0.15, 0.2) is 0 Å². The van der Waals surface area contributed by atoms with Crippen LogP contribution in [0.4, 0.5) is 32.0 Å². The van der Waals surface area contributed by atoms with Crippen LogP contribution in [0.2, 0.25) is 0 Å². The summed E-state index contributed by atoms with van der Waals surface area (Å²) in [6.07, 6.45) is -8.79. The van der Waals surface area contributed by atoms with Gasteiger partial charge in [0.05, 0.1) is 21.7 Å². The quantitative estimate of drug-likeness (QED) is 0.454. The zero-order chi connectivity index (χ0) is 24.7. The molecule has 1 heterocycles. The molecule has 0 unspecified atom stereocenters. The summed E-state index contributed by atoms with van der Waals surface area (Å²) in [7, 11) is -4.29. The van der Waals surface area contributed by atoms with Crippen molar-refractivity contribution in [3.8, 4) is 0 Å². The maximum atomic E-state index is 13.0. The lowest BCUT2D eigenvalue weighted by Gasteiger charge is -2.19. The molecule has 0 spiro atoms. The van der Waals surface area contributed by atoms with Crippen LogP contribution in [0.15, 0.2) is 76.6 Å². The van der Waals surface area contributed by atoms with Crippen LogP contribution in [0.25, 0.3) is 0 Å². The molecular formula is C23H16F6N2O2S. The van der Waals surface area contributed by atoms with Crippen LogP contribution in [-0.2, 0) is 28.8 Å². The van der Waals surface area contributed by atoms with E-state index in [1.807, 2.05) is 0 Å². The Hall–Kier alpha value is -3.34. The predicted molar refractivity (Wildman–Crippen MR) is 114 cm³/mol. The fraction of sp³-hybridized carbons (Fsp3) is 0.174. The molecule has 3 aromatic carbocycles. The Morgan fingerprint density at radius 2 is 1.44 bits per heavy atom. The standard InChI is InChI=1S/C23H16F6N2O2S/c24-22(25,26)16-2-1-3-19(13-16)34(32,33)31-18-7-4-14(5-8-18)21-20-9-6-17(23(27,28)29)12-15(20)10-11-30-21/h1-9,12-13,31H,10-11H2. The van der Waals surface area contributed by atoms with Crippen molar-refractivity contribution in [2.24, 2.45) is 4.99 Å². The first-order valence-electron chi connectivity index (χ1n) is 9.90. The van der Waals surface area contributed by atoms with E-state index in [1.54, 1.807) is 0 Å². The molecule has 0 bridgehead atoms. The summed E-state index contributed by atoms with van der Waals surface area (Å²) in [5.41, 5.74) is 0.362. The molecule has 1 N–H and O–H groups in total. The fourth-order valence-electron chi connectivity index (χ4n) is 3.58. The second kappa shape index (κ2) is 8.46. The number of halogens is 6. The SMILES string of the molecule is O=S(=O)(Nc1ccc(C2=NCCc3cc(C(F)(F)F)ccc32)cc1)c1cccc(C(F)(F)F)c1. The van der Waals surface area contributed by atoms with E-state index >= 15 is 0 Å². The minimum atomic E-state index is -4.69. The van der Waals surface area contributed by atoms with Crippen molar-refractivity contribution in [3.63, 3.8) is 0 Å². The van der Waals surface area contributed by atoms with Crippen molar-refractivity contribution in [1.29, 1.82) is 0 Å². The third-order valence-electron chi connectivity index (χ3n) is 5.22. The zero-order valence-electron chi connectivity index (χ0n) is 17.2. The summed E-state index contributed by atoms with van der Waals surface area (Å²) in [6, 6.07) is 12.7. The van der Waals surface area contributed by atoms with Crippen LogP contribution in [0.3, 0.4) is 0 Å². The van der Waals surface area contributed by atoms with Crippen LogP contribution >= 0.6 is 0 Å². The van der Waals surface area contributed by atoms with Gasteiger partial charge < -0.3 is 0 Å². The van der Waals surface area contributed by atoms with Crippen LogP contribution < -0.4 is 4.72 Å². The molecular weight excluding hydrogens is 482 g/mol.